The molecule has 27 heavy (non-hydrogen) atoms. The summed E-state index contributed by atoms with van der Waals surface area (Å²) in [6, 6.07) is 8.74. The first-order valence-electron chi connectivity index (χ1n) is 7.79. The first kappa shape index (κ1) is 19.2. The van der Waals surface area contributed by atoms with E-state index >= 15 is 0 Å². The summed E-state index contributed by atoms with van der Waals surface area (Å²) in [6.07, 6.45) is -4.12. The average molecular weight is 396 g/mol. The maximum Gasteiger partial charge on any atom is 0.417 e. The summed E-state index contributed by atoms with van der Waals surface area (Å²) in [6.45, 7) is 0.232. The quantitative estimate of drug-likeness (QED) is 0.858. The van der Waals surface area contributed by atoms with Gasteiger partial charge in [0.1, 0.15) is 0 Å². The molecule has 0 aliphatic carbocycles. The third-order valence-electron chi connectivity index (χ3n) is 4.01. The van der Waals surface area contributed by atoms with Crippen LogP contribution in [0.25, 0.3) is 11.1 Å². The molecule has 2 N–H and O–H groups in total. The zero-order valence-corrected chi connectivity index (χ0v) is 15.0. The van der Waals surface area contributed by atoms with Crippen LogP contribution >= 0.6 is 0 Å². The highest BCUT2D eigenvalue weighted by Crippen LogP contribution is 2.40. The van der Waals surface area contributed by atoms with Crippen LogP contribution in [0.2, 0.25) is 0 Å². The molecule has 1 aliphatic heterocycles. The van der Waals surface area contributed by atoms with Gasteiger partial charge in [0, 0.05) is 18.4 Å². The fraction of sp³-hybridized carbons (Fsp3) is 0.235. The van der Waals surface area contributed by atoms with Crippen LogP contribution in [0, 0.1) is 0 Å². The second-order valence-corrected chi connectivity index (χ2v) is 7.85. The van der Waals surface area contributed by atoms with Crippen LogP contribution in [0.4, 0.5) is 13.2 Å². The van der Waals surface area contributed by atoms with Crippen LogP contribution in [0.15, 0.2) is 56.5 Å². The summed E-state index contributed by atoms with van der Waals surface area (Å²) in [7, 11) is -4.25. The smallest absolute Gasteiger partial charge is 0.326 e. The Morgan fingerprint density at radius 1 is 1.11 bits per heavy atom. The van der Waals surface area contributed by atoms with Crippen molar-refractivity contribution < 1.29 is 21.6 Å². The lowest BCUT2D eigenvalue weighted by Gasteiger charge is -2.18. The molecule has 0 spiro atoms. The first-order valence-corrected chi connectivity index (χ1v) is 9.68. The lowest BCUT2D eigenvalue weighted by Crippen LogP contribution is -2.17. The van der Waals surface area contributed by atoms with E-state index < -0.39 is 26.5 Å². The number of azo groups is 1. The average Bonchev–Trinajstić information content (AvgIpc) is 3.13. The Labute approximate surface area is 153 Å². The van der Waals surface area contributed by atoms with Crippen LogP contribution in [0.5, 0.6) is 0 Å². The van der Waals surface area contributed by atoms with Crippen molar-refractivity contribution >= 4 is 15.7 Å². The molecule has 6 nitrogen and oxygen atoms in total. The minimum absolute atomic E-state index is 0.0691. The van der Waals surface area contributed by atoms with E-state index in [0.717, 1.165) is 17.9 Å². The van der Waals surface area contributed by atoms with E-state index in [2.05, 4.69) is 15.2 Å². The number of aliphatic imine (C=N–C) groups is 1. The summed E-state index contributed by atoms with van der Waals surface area (Å²) in [5, 5.41) is 7.39. The normalized spacial score (nSPS) is 14.5. The number of hydrogen-bond donors (Lipinski definition) is 1. The zero-order valence-electron chi connectivity index (χ0n) is 14.2. The van der Waals surface area contributed by atoms with E-state index in [1.165, 1.54) is 6.07 Å². The zero-order chi connectivity index (χ0) is 19.8. The second kappa shape index (κ2) is 6.86. The lowest BCUT2D eigenvalue weighted by molar-refractivity contribution is -0.139. The second-order valence-electron chi connectivity index (χ2n) is 5.90. The molecule has 10 heteroatoms. The summed E-state index contributed by atoms with van der Waals surface area (Å²) in [5.74, 6) is -0.139. The van der Waals surface area contributed by atoms with E-state index in [1.807, 2.05) is 0 Å². The Morgan fingerprint density at radius 3 is 2.26 bits per heavy atom. The summed E-state index contributed by atoms with van der Waals surface area (Å²) in [5.41, 5.74) is 5.73. The minimum atomic E-state index is -4.86. The number of benzene rings is 2. The van der Waals surface area contributed by atoms with Crippen molar-refractivity contribution in [3.63, 3.8) is 0 Å². The number of alkyl halides is 3. The molecular formula is C17H15F3N4O2S. The number of halogens is 3. The van der Waals surface area contributed by atoms with E-state index in [9.17, 15) is 21.6 Å². The number of amidine groups is 1. The predicted octanol–water partition coefficient (Wildman–Crippen LogP) is 3.40. The van der Waals surface area contributed by atoms with Gasteiger partial charge in [-0.05, 0) is 22.8 Å². The van der Waals surface area contributed by atoms with Gasteiger partial charge in [-0.1, -0.05) is 30.3 Å². The molecule has 3 rings (SSSR count). The van der Waals surface area contributed by atoms with Gasteiger partial charge in [-0.3, -0.25) is 0 Å². The van der Waals surface area contributed by atoms with E-state index in [1.54, 1.807) is 24.3 Å². The maximum atomic E-state index is 13.5. The van der Waals surface area contributed by atoms with E-state index in [0.29, 0.717) is 12.1 Å². The summed E-state index contributed by atoms with van der Waals surface area (Å²) >= 11 is 0. The van der Waals surface area contributed by atoms with Crippen molar-refractivity contribution in [2.24, 2.45) is 21.0 Å². The fourth-order valence-electron chi connectivity index (χ4n) is 2.83. The third kappa shape index (κ3) is 3.76. The Hall–Kier alpha value is -2.59. The van der Waals surface area contributed by atoms with Crippen LogP contribution in [-0.2, 0) is 22.6 Å². The number of nitrogens with two attached hydrogens (primary N) is 1. The third-order valence-corrected chi connectivity index (χ3v) is 5.17. The van der Waals surface area contributed by atoms with Gasteiger partial charge in [0.15, 0.2) is 22.3 Å². The highest BCUT2D eigenvalue weighted by Gasteiger charge is 2.39. The highest BCUT2D eigenvalue weighted by atomic mass is 32.2. The molecule has 0 atom stereocenters. The highest BCUT2D eigenvalue weighted by molar-refractivity contribution is 7.90. The molecule has 0 unspecified atom stereocenters. The van der Waals surface area contributed by atoms with Gasteiger partial charge in [-0.25, -0.2) is 13.4 Å². The summed E-state index contributed by atoms with van der Waals surface area (Å²) < 4.78 is 65.2. The molecule has 0 radical (unpaired) electrons. The van der Waals surface area contributed by atoms with Gasteiger partial charge in [0.2, 0.25) is 0 Å². The van der Waals surface area contributed by atoms with Crippen LogP contribution in [-0.4, -0.2) is 27.2 Å². The minimum Gasteiger partial charge on any atom is -0.326 e. The van der Waals surface area contributed by atoms with Crippen molar-refractivity contribution in [2.45, 2.75) is 17.6 Å². The monoisotopic (exact) mass is 396 g/mol. The van der Waals surface area contributed by atoms with Crippen molar-refractivity contribution in [3.05, 3.63) is 53.1 Å². The standard InChI is InChI=1S/C17H15F3N4O2S/c1-27(25,26)15-13(17(18,19)20)7-6-12(14(15)16-22-9-23-24-16)11-4-2-10(8-21)3-5-11/h2-7H,8-9,21H2,1H3. The SMILES string of the molecule is CS(=O)(=O)c1c(C(F)(F)F)ccc(-c2ccc(CN)cc2)c1C1=NCN=N1. The maximum absolute atomic E-state index is 13.5. The number of hydrogen-bond acceptors (Lipinski definition) is 6. The lowest BCUT2D eigenvalue weighted by atomic mass is 9.95. The Morgan fingerprint density at radius 2 is 1.78 bits per heavy atom. The molecule has 2 aromatic rings. The number of nitrogens with zero attached hydrogens (tertiary/aromatic N) is 3. The van der Waals surface area contributed by atoms with Crippen LogP contribution < -0.4 is 5.73 Å². The Kier molecular flexibility index (Phi) is 4.87. The van der Waals surface area contributed by atoms with Gasteiger partial charge in [-0.2, -0.15) is 18.3 Å². The molecule has 0 bridgehead atoms. The van der Waals surface area contributed by atoms with Crippen LogP contribution in [0.1, 0.15) is 16.7 Å². The Bertz CT molecular complexity index is 1040. The molecule has 0 amide bonds. The van der Waals surface area contributed by atoms with Crippen molar-refractivity contribution in [1.82, 2.24) is 0 Å². The molecular weight excluding hydrogens is 381 g/mol. The van der Waals surface area contributed by atoms with Crippen LogP contribution in [0.3, 0.4) is 0 Å². The molecule has 0 saturated heterocycles. The topological polar surface area (TPSA) is 97.2 Å². The first-order chi connectivity index (χ1) is 12.6. The molecule has 0 fully saturated rings. The number of rotatable bonds is 4. The van der Waals surface area contributed by atoms with Crippen molar-refractivity contribution in [1.29, 1.82) is 0 Å². The van der Waals surface area contributed by atoms with Gasteiger partial charge in [0.25, 0.3) is 0 Å². The van der Waals surface area contributed by atoms with E-state index in [4.69, 9.17) is 5.73 Å². The Balaban J connectivity index is 2.39. The number of sulfone groups is 1. The van der Waals surface area contributed by atoms with Crippen molar-refractivity contribution in [2.75, 3.05) is 12.9 Å². The largest absolute Gasteiger partial charge is 0.417 e. The van der Waals surface area contributed by atoms with Gasteiger partial charge in [-0.15, -0.1) is 5.11 Å². The predicted molar refractivity (Wildman–Crippen MR) is 94.1 cm³/mol. The van der Waals surface area contributed by atoms with Gasteiger partial charge < -0.3 is 5.73 Å². The molecule has 1 aliphatic rings. The molecule has 1 heterocycles. The van der Waals surface area contributed by atoms with Gasteiger partial charge >= 0.3 is 6.18 Å². The molecule has 2 aromatic carbocycles. The van der Waals surface area contributed by atoms with Gasteiger partial charge in [0.05, 0.1) is 10.5 Å². The van der Waals surface area contributed by atoms with Crippen molar-refractivity contribution in [3.8, 4) is 11.1 Å². The summed E-state index contributed by atoms with van der Waals surface area (Å²) in [4.78, 5) is 3.10. The fourth-order valence-corrected chi connectivity index (χ4v) is 3.99. The molecule has 142 valence electrons. The molecule has 0 saturated carbocycles. The molecule has 0 aromatic heterocycles. The van der Waals surface area contributed by atoms with E-state index in [-0.39, 0.29) is 23.6 Å².